The van der Waals surface area contributed by atoms with Crippen LogP contribution < -0.4 is 0 Å². The number of benzene rings is 4. The van der Waals surface area contributed by atoms with E-state index in [0.29, 0.717) is 16.3 Å². The summed E-state index contributed by atoms with van der Waals surface area (Å²) in [5, 5.41) is 12.9. The van der Waals surface area contributed by atoms with E-state index in [1.165, 1.54) is 28.2 Å². The lowest BCUT2D eigenvalue weighted by molar-refractivity contribution is -0.384. The molecule has 0 unspecified atom stereocenters. The summed E-state index contributed by atoms with van der Waals surface area (Å²) in [6.07, 6.45) is 0. The first-order chi connectivity index (χ1) is 17.3. The molecule has 0 aliphatic rings. The highest BCUT2D eigenvalue weighted by atomic mass is 32.2. The maximum absolute atomic E-state index is 13.8. The van der Waals surface area contributed by atoms with E-state index in [0.717, 1.165) is 0 Å². The largest absolute Gasteiger partial charge is 0.462 e. The van der Waals surface area contributed by atoms with Crippen molar-refractivity contribution >= 4 is 43.5 Å². The fourth-order valence-corrected chi connectivity index (χ4v) is 5.94. The van der Waals surface area contributed by atoms with Gasteiger partial charge in [0.05, 0.1) is 38.6 Å². The molecule has 0 amide bonds. The third-order valence-electron chi connectivity index (χ3n) is 5.94. The Kier molecular flexibility index (Phi) is 5.77. The molecule has 0 aliphatic carbocycles. The molecule has 0 atom stereocenters. The molecular formula is C27H20N2O6S. The molecule has 1 heterocycles. The SMILES string of the molecule is CCOC(=O)c1cc2c(cc1-c1ccccc1[N+](=O)[O-])c1ccccc1n2S(=O)(=O)c1ccccc1. The first-order valence-corrected chi connectivity index (χ1v) is 12.6. The Balaban J connectivity index is 1.93. The minimum Gasteiger partial charge on any atom is -0.462 e. The molecule has 4 aromatic carbocycles. The van der Waals surface area contributed by atoms with Gasteiger partial charge < -0.3 is 4.74 Å². The smallest absolute Gasteiger partial charge is 0.338 e. The second kappa shape index (κ2) is 8.94. The Hall–Kier alpha value is -4.50. The Bertz CT molecular complexity index is 1760. The number of aromatic nitrogens is 1. The Morgan fingerprint density at radius 3 is 2.25 bits per heavy atom. The van der Waals surface area contributed by atoms with Gasteiger partial charge in [-0.2, -0.15) is 0 Å². The lowest BCUT2D eigenvalue weighted by Crippen LogP contribution is -2.13. The second-order valence-corrected chi connectivity index (χ2v) is 9.80. The van der Waals surface area contributed by atoms with Crippen LogP contribution in [0.4, 0.5) is 5.69 Å². The van der Waals surface area contributed by atoms with Gasteiger partial charge >= 0.3 is 5.97 Å². The zero-order chi connectivity index (χ0) is 25.4. The molecule has 0 aliphatic heterocycles. The first-order valence-electron chi connectivity index (χ1n) is 11.1. The molecule has 0 N–H and O–H groups in total. The summed E-state index contributed by atoms with van der Waals surface area (Å²) in [5.74, 6) is -0.707. The molecule has 0 bridgehead atoms. The summed E-state index contributed by atoms with van der Waals surface area (Å²) >= 11 is 0. The van der Waals surface area contributed by atoms with Gasteiger partial charge in [0.15, 0.2) is 0 Å². The summed E-state index contributed by atoms with van der Waals surface area (Å²) < 4.78 is 34.0. The van der Waals surface area contributed by atoms with Crippen molar-refractivity contribution in [2.24, 2.45) is 0 Å². The van der Waals surface area contributed by atoms with Crippen LogP contribution in [-0.2, 0) is 14.8 Å². The average Bonchev–Trinajstić information content (AvgIpc) is 3.22. The van der Waals surface area contributed by atoms with Crippen molar-refractivity contribution in [1.82, 2.24) is 3.97 Å². The lowest BCUT2D eigenvalue weighted by Gasteiger charge is -2.13. The Morgan fingerprint density at radius 1 is 0.861 bits per heavy atom. The number of nitro benzene ring substituents is 1. The summed E-state index contributed by atoms with van der Waals surface area (Å²) in [4.78, 5) is 24.4. The van der Waals surface area contributed by atoms with Gasteiger partial charge in [0, 0.05) is 22.4 Å². The molecular weight excluding hydrogens is 480 g/mol. The van der Waals surface area contributed by atoms with Crippen LogP contribution >= 0.6 is 0 Å². The van der Waals surface area contributed by atoms with E-state index in [1.807, 2.05) is 0 Å². The number of hydrogen-bond donors (Lipinski definition) is 0. The number of fused-ring (bicyclic) bond motifs is 3. The highest BCUT2D eigenvalue weighted by Crippen LogP contribution is 2.39. The first kappa shape index (κ1) is 23.3. The molecule has 0 saturated carbocycles. The van der Waals surface area contributed by atoms with Crippen LogP contribution in [0.5, 0.6) is 0 Å². The molecule has 0 radical (unpaired) electrons. The van der Waals surface area contributed by atoms with Crippen molar-refractivity contribution < 1.29 is 22.9 Å². The van der Waals surface area contributed by atoms with Gasteiger partial charge in [-0.05, 0) is 43.3 Å². The number of carbonyl (C=O) groups excluding carboxylic acids is 1. The van der Waals surface area contributed by atoms with E-state index in [9.17, 15) is 23.3 Å². The van der Waals surface area contributed by atoms with Gasteiger partial charge in [-0.15, -0.1) is 0 Å². The topological polar surface area (TPSA) is 109 Å². The zero-order valence-corrected chi connectivity index (χ0v) is 19.9. The average molecular weight is 501 g/mol. The molecule has 36 heavy (non-hydrogen) atoms. The molecule has 0 spiro atoms. The molecule has 180 valence electrons. The fraction of sp³-hybridized carbons (Fsp3) is 0.0741. The molecule has 8 nitrogen and oxygen atoms in total. The van der Waals surface area contributed by atoms with Crippen molar-refractivity contribution in [3.05, 3.63) is 107 Å². The number of nitro groups is 1. The highest BCUT2D eigenvalue weighted by molar-refractivity contribution is 7.90. The predicted octanol–water partition coefficient (Wildman–Crippen LogP) is 5.78. The minimum absolute atomic E-state index is 0.0333. The Labute approximate surface area is 206 Å². The van der Waals surface area contributed by atoms with Gasteiger partial charge in [-0.3, -0.25) is 10.1 Å². The predicted molar refractivity (Wildman–Crippen MR) is 137 cm³/mol. The third kappa shape index (κ3) is 3.70. The molecule has 5 aromatic rings. The third-order valence-corrected chi connectivity index (χ3v) is 7.68. The summed E-state index contributed by atoms with van der Waals surface area (Å²) in [5.41, 5.74) is 1.06. The van der Waals surface area contributed by atoms with Gasteiger partial charge in [-0.25, -0.2) is 17.2 Å². The number of hydrogen-bond acceptors (Lipinski definition) is 6. The number of para-hydroxylation sites is 2. The van der Waals surface area contributed by atoms with Crippen LogP contribution in [0.1, 0.15) is 17.3 Å². The molecule has 9 heteroatoms. The zero-order valence-electron chi connectivity index (χ0n) is 19.1. The van der Waals surface area contributed by atoms with Crippen molar-refractivity contribution in [1.29, 1.82) is 0 Å². The van der Waals surface area contributed by atoms with Crippen molar-refractivity contribution in [2.45, 2.75) is 11.8 Å². The quantitative estimate of drug-likeness (QED) is 0.166. The summed E-state index contributed by atoms with van der Waals surface area (Å²) in [6.45, 7) is 1.73. The molecule has 0 fully saturated rings. The van der Waals surface area contributed by atoms with E-state index in [-0.39, 0.29) is 39.4 Å². The van der Waals surface area contributed by atoms with Crippen molar-refractivity contribution in [3.63, 3.8) is 0 Å². The standard InChI is InChI=1S/C27H20N2O6S/c1-2-35-27(30)23-17-26-22(16-21(23)19-12-7-9-15-25(19)29(31)32)20-13-6-8-14-24(20)28(26)36(33,34)18-10-4-3-5-11-18/h3-17H,2H2,1H3. The van der Waals surface area contributed by atoms with E-state index in [2.05, 4.69) is 0 Å². The Morgan fingerprint density at radius 2 is 1.53 bits per heavy atom. The van der Waals surface area contributed by atoms with Crippen LogP contribution in [0.25, 0.3) is 32.9 Å². The maximum Gasteiger partial charge on any atom is 0.338 e. The minimum atomic E-state index is -4.05. The van der Waals surface area contributed by atoms with Gasteiger partial charge in [0.25, 0.3) is 15.7 Å². The number of nitrogens with zero attached hydrogens (tertiary/aromatic N) is 2. The monoisotopic (exact) mass is 500 g/mol. The highest BCUT2D eigenvalue weighted by Gasteiger charge is 2.27. The molecule has 5 rings (SSSR count). The number of esters is 1. The van der Waals surface area contributed by atoms with Gasteiger partial charge in [0.1, 0.15) is 0 Å². The number of rotatable bonds is 6. The van der Waals surface area contributed by atoms with Gasteiger partial charge in [-0.1, -0.05) is 48.5 Å². The summed E-state index contributed by atoms with van der Waals surface area (Å²) in [6, 6.07) is 24.2. The van der Waals surface area contributed by atoms with E-state index < -0.39 is 20.9 Å². The van der Waals surface area contributed by atoms with Gasteiger partial charge in [0.2, 0.25) is 0 Å². The van der Waals surface area contributed by atoms with Crippen LogP contribution in [0.3, 0.4) is 0 Å². The van der Waals surface area contributed by atoms with Crippen molar-refractivity contribution in [2.75, 3.05) is 6.61 Å². The van der Waals surface area contributed by atoms with E-state index >= 15 is 0 Å². The normalized spacial score (nSPS) is 11.6. The van der Waals surface area contributed by atoms with E-state index in [1.54, 1.807) is 73.7 Å². The molecule has 1 aromatic heterocycles. The molecule has 0 saturated heterocycles. The number of carbonyl (C=O) groups is 1. The van der Waals surface area contributed by atoms with Crippen LogP contribution in [0, 0.1) is 10.1 Å². The lowest BCUT2D eigenvalue weighted by atomic mass is 9.95. The van der Waals surface area contributed by atoms with Crippen LogP contribution in [-0.4, -0.2) is 29.9 Å². The number of ether oxygens (including phenoxy) is 1. The summed E-state index contributed by atoms with van der Waals surface area (Å²) in [7, 11) is -4.05. The van der Waals surface area contributed by atoms with Crippen LogP contribution in [0.15, 0.2) is 95.9 Å². The van der Waals surface area contributed by atoms with Crippen molar-refractivity contribution in [3.8, 4) is 11.1 Å². The van der Waals surface area contributed by atoms with E-state index in [4.69, 9.17) is 4.74 Å². The fourth-order valence-electron chi connectivity index (χ4n) is 4.40. The maximum atomic E-state index is 13.8. The van der Waals surface area contributed by atoms with Crippen LogP contribution in [0.2, 0.25) is 0 Å². The second-order valence-electron chi connectivity index (χ2n) is 8.01.